The Kier molecular flexibility index (Phi) is 3.81. The topological polar surface area (TPSA) is 67.4 Å². The van der Waals surface area contributed by atoms with Gasteiger partial charge in [-0.15, -0.1) is 0 Å². The van der Waals surface area contributed by atoms with Gasteiger partial charge in [-0.3, -0.25) is 0 Å². The SMILES string of the molecule is O=S(=O)(N[C@@H]1COC2(CCNCC2)C1)c1ccccc1. The van der Waals surface area contributed by atoms with Gasteiger partial charge in [0, 0.05) is 6.04 Å². The Morgan fingerprint density at radius 1 is 1.20 bits per heavy atom. The lowest BCUT2D eigenvalue weighted by atomic mass is 9.88. The second kappa shape index (κ2) is 5.44. The van der Waals surface area contributed by atoms with Crippen molar-refractivity contribution in [3.05, 3.63) is 30.3 Å². The van der Waals surface area contributed by atoms with Gasteiger partial charge in [-0.25, -0.2) is 13.1 Å². The van der Waals surface area contributed by atoms with Gasteiger partial charge in [0.05, 0.1) is 17.1 Å². The molecule has 0 saturated carbocycles. The number of hydrogen-bond donors (Lipinski definition) is 2. The highest BCUT2D eigenvalue weighted by Crippen LogP contribution is 2.34. The summed E-state index contributed by atoms with van der Waals surface area (Å²) in [6.45, 7) is 2.35. The summed E-state index contributed by atoms with van der Waals surface area (Å²) < 4.78 is 33.2. The van der Waals surface area contributed by atoms with Crippen LogP contribution in [0.25, 0.3) is 0 Å². The Morgan fingerprint density at radius 3 is 2.60 bits per heavy atom. The maximum absolute atomic E-state index is 12.3. The molecule has 3 rings (SSSR count). The third kappa shape index (κ3) is 2.88. The minimum absolute atomic E-state index is 0.127. The molecule has 1 atom stereocenters. The highest BCUT2D eigenvalue weighted by molar-refractivity contribution is 7.89. The average molecular weight is 296 g/mol. The van der Waals surface area contributed by atoms with Crippen molar-refractivity contribution in [3.63, 3.8) is 0 Å². The fourth-order valence-corrected chi connectivity index (χ4v) is 4.28. The van der Waals surface area contributed by atoms with Gasteiger partial charge in [0.25, 0.3) is 0 Å². The Hall–Kier alpha value is -0.950. The number of nitrogens with one attached hydrogen (secondary N) is 2. The molecule has 2 aliphatic heterocycles. The molecule has 1 spiro atoms. The highest BCUT2D eigenvalue weighted by Gasteiger charge is 2.42. The molecule has 5 nitrogen and oxygen atoms in total. The number of piperidine rings is 1. The fourth-order valence-electron chi connectivity index (χ4n) is 3.04. The smallest absolute Gasteiger partial charge is 0.240 e. The van der Waals surface area contributed by atoms with E-state index in [2.05, 4.69) is 10.0 Å². The number of sulfonamides is 1. The maximum atomic E-state index is 12.3. The van der Waals surface area contributed by atoms with Crippen LogP contribution in [-0.4, -0.2) is 39.8 Å². The molecule has 2 N–H and O–H groups in total. The van der Waals surface area contributed by atoms with Crippen LogP contribution in [0.1, 0.15) is 19.3 Å². The largest absolute Gasteiger partial charge is 0.373 e. The van der Waals surface area contributed by atoms with E-state index in [9.17, 15) is 8.42 Å². The van der Waals surface area contributed by atoms with Crippen molar-refractivity contribution in [2.75, 3.05) is 19.7 Å². The zero-order valence-corrected chi connectivity index (χ0v) is 12.2. The molecule has 2 saturated heterocycles. The van der Waals surface area contributed by atoms with Crippen molar-refractivity contribution in [1.82, 2.24) is 10.0 Å². The van der Waals surface area contributed by atoms with E-state index in [1.54, 1.807) is 24.3 Å². The Bertz CT molecular complexity index is 553. The second-order valence-electron chi connectivity index (χ2n) is 5.58. The van der Waals surface area contributed by atoms with Crippen molar-refractivity contribution in [1.29, 1.82) is 0 Å². The number of ether oxygens (including phenoxy) is 1. The van der Waals surface area contributed by atoms with Crippen LogP contribution in [0.4, 0.5) is 0 Å². The fraction of sp³-hybridized carbons (Fsp3) is 0.571. The molecule has 1 aromatic rings. The summed E-state index contributed by atoms with van der Waals surface area (Å²) in [4.78, 5) is 0.311. The Labute approximate surface area is 119 Å². The maximum Gasteiger partial charge on any atom is 0.240 e. The summed E-state index contributed by atoms with van der Waals surface area (Å²) >= 11 is 0. The lowest BCUT2D eigenvalue weighted by Crippen LogP contribution is -2.42. The van der Waals surface area contributed by atoms with E-state index in [0.717, 1.165) is 32.4 Å². The van der Waals surface area contributed by atoms with Crippen molar-refractivity contribution in [2.24, 2.45) is 0 Å². The van der Waals surface area contributed by atoms with Crippen molar-refractivity contribution >= 4 is 10.0 Å². The van der Waals surface area contributed by atoms with E-state index >= 15 is 0 Å². The molecular formula is C14H20N2O3S. The van der Waals surface area contributed by atoms with Gasteiger partial charge >= 0.3 is 0 Å². The summed E-state index contributed by atoms with van der Waals surface area (Å²) in [6, 6.07) is 8.36. The minimum atomic E-state index is -3.44. The van der Waals surface area contributed by atoms with Crippen LogP contribution in [0, 0.1) is 0 Å². The third-order valence-corrected chi connectivity index (χ3v) is 5.64. The highest BCUT2D eigenvalue weighted by atomic mass is 32.2. The molecular weight excluding hydrogens is 276 g/mol. The molecule has 2 heterocycles. The molecule has 2 aliphatic rings. The zero-order chi connectivity index (χ0) is 14.1. The number of hydrogen-bond acceptors (Lipinski definition) is 4. The number of benzene rings is 1. The molecule has 0 aliphatic carbocycles. The van der Waals surface area contributed by atoms with Crippen LogP contribution in [0.2, 0.25) is 0 Å². The number of rotatable bonds is 3. The van der Waals surface area contributed by atoms with E-state index in [1.165, 1.54) is 0 Å². The molecule has 0 unspecified atom stereocenters. The van der Waals surface area contributed by atoms with Gasteiger partial charge in [0.15, 0.2) is 0 Å². The quantitative estimate of drug-likeness (QED) is 0.869. The second-order valence-corrected chi connectivity index (χ2v) is 7.29. The van der Waals surface area contributed by atoms with E-state index in [-0.39, 0.29) is 11.6 Å². The van der Waals surface area contributed by atoms with E-state index < -0.39 is 10.0 Å². The van der Waals surface area contributed by atoms with E-state index in [1.807, 2.05) is 6.07 Å². The lowest BCUT2D eigenvalue weighted by molar-refractivity contribution is -0.0193. The van der Waals surface area contributed by atoms with Crippen LogP contribution in [-0.2, 0) is 14.8 Å². The first-order valence-corrected chi connectivity index (χ1v) is 8.50. The molecule has 0 amide bonds. The molecule has 2 fully saturated rings. The predicted molar refractivity (Wildman–Crippen MR) is 76.0 cm³/mol. The van der Waals surface area contributed by atoms with Crippen molar-refractivity contribution in [2.45, 2.75) is 35.8 Å². The van der Waals surface area contributed by atoms with Crippen molar-refractivity contribution in [3.8, 4) is 0 Å². The summed E-state index contributed by atoms with van der Waals surface area (Å²) in [7, 11) is -3.44. The summed E-state index contributed by atoms with van der Waals surface area (Å²) in [5, 5.41) is 3.31. The van der Waals surface area contributed by atoms with E-state index in [4.69, 9.17) is 4.74 Å². The standard InChI is InChI=1S/C14H20N2O3S/c17-20(18,13-4-2-1-3-5-13)16-12-10-14(19-11-12)6-8-15-9-7-14/h1-5,12,15-16H,6-11H2/t12-/m0/s1. The van der Waals surface area contributed by atoms with Gasteiger partial charge in [-0.2, -0.15) is 0 Å². The van der Waals surface area contributed by atoms with E-state index in [0.29, 0.717) is 11.5 Å². The molecule has 0 bridgehead atoms. The van der Waals surface area contributed by atoms with Crippen LogP contribution in [0.3, 0.4) is 0 Å². The first-order valence-electron chi connectivity index (χ1n) is 7.02. The molecule has 110 valence electrons. The molecule has 6 heteroatoms. The average Bonchev–Trinajstić information content (AvgIpc) is 2.82. The Morgan fingerprint density at radius 2 is 1.90 bits per heavy atom. The normalized spacial score (nSPS) is 25.9. The monoisotopic (exact) mass is 296 g/mol. The van der Waals surface area contributed by atoms with Gasteiger partial charge < -0.3 is 10.1 Å². The first kappa shape index (κ1) is 14.0. The molecule has 20 heavy (non-hydrogen) atoms. The predicted octanol–water partition coefficient (Wildman–Crippen LogP) is 0.876. The van der Waals surface area contributed by atoms with Crippen LogP contribution in [0.5, 0.6) is 0 Å². The summed E-state index contributed by atoms with van der Waals surface area (Å²) in [5.41, 5.74) is -0.130. The van der Waals surface area contributed by atoms with Crippen molar-refractivity contribution < 1.29 is 13.2 Å². The first-order chi connectivity index (χ1) is 9.60. The Balaban J connectivity index is 1.67. The molecule has 0 aromatic heterocycles. The van der Waals surface area contributed by atoms with Crippen LogP contribution in [0.15, 0.2) is 35.2 Å². The zero-order valence-electron chi connectivity index (χ0n) is 11.3. The van der Waals surface area contributed by atoms with Crippen LogP contribution < -0.4 is 10.0 Å². The molecule has 0 radical (unpaired) electrons. The lowest BCUT2D eigenvalue weighted by Gasteiger charge is -2.32. The van der Waals surface area contributed by atoms with Crippen LogP contribution >= 0.6 is 0 Å². The summed E-state index contributed by atoms with van der Waals surface area (Å²) in [5.74, 6) is 0. The van der Waals surface area contributed by atoms with Gasteiger partial charge in [0.2, 0.25) is 10.0 Å². The van der Waals surface area contributed by atoms with Gasteiger partial charge in [-0.1, -0.05) is 18.2 Å². The third-order valence-electron chi connectivity index (χ3n) is 4.10. The minimum Gasteiger partial charge on any atom is -0.373 e. The molecule has 1 aromatic carbocycles. The summed E-state index contributed by atoms with van der Waals surface area (Å²) in [6.07, 6.45) is 2.67. The van der Waals surface area contributed by atoms with Gasteiger partial charge in [0.1, 0.15) is 0 Å². The van der Waals surface area contributed by atoms with Gasteiger partial charge in [-0.05, 0) is 44.5 Å².